The van der Waals surface area contributed by atoms with Gasteiger partial charge in [-0.1, -0.05) is 58.9 Å². The van der Waals surface area contributed by atoms with E-state index in [1.165, 1.54) is 13.3 Å². The number of carbonyl (C=O) groups excluding carboxylic acids is 1. The molecule has 0 aliphatic heterocycles. The summed E-state index contributed by atoms with van der Waals surface area (Å²) < 4.78 is 18.5. The van der Waals surface area contributed by atoms with Gasteiger partial charge in [-0.25, -0.2) is 5.43 Å². The van der Waals surface area contributed by atoms with Gasteiger partial charge in [0.05, 0.1) is 17.8 Å². The predicted molar refractivity (Wildman–Crippen MR) is 136 cm³/mol. The number of hydrogen-bond acceptors (Lipinski definition) is 5. The third-order valence-electron chi connectivity index (χ3n) is 4.42. The molecule has 170 valence electrons. The molecular formula is C25H22Br2N2O4. The van der Waals surface area contributed by atoms with Crippen LogP contribution in [0, 0.1) is 0 Å². The number of ether oxygens (including phenoxy) is 3. The molecule has 6 nitrogen and oxygen atoms in total. The number of benzene rings is 3. The molecule has 8 heteroatoms. The number of amides is 1. The minimum absolute atomic E-state index is 0.339. The lowest BCUT2D eigenvalue weighted by Gasteiger charge is -2.12. The van der Waals surface area contributed by atoms with E-state index in [-0.39, 0.29) is 5.91 Å². The zero-order valence-electron chi connectivity index (χ0n) is 17.9. The number of rotatable bonds is 10. The van der Waals surface area contributed by atoms with Crippen molar-refractivity contribution in [3.05, 3.63) is 99.0 Å². The summed E-state index contributed by atoms with van der Waals surface area (Å²) in [6, 6.07) is 18.5. The average Bonchev–Trinajstić information content (AvgIpc) is 2.82. The maximum Gasteiger partial charge on any atom is 0.271 e. The molecule has 0 saturated carbocycles. The fraction of sp³-hybridized carbons (Fsp3) is 0.120. The zero-order valence-corrected chi connectivity index (χ0v) is 21.1. The Bertz CT molecular complexity index is 1150. The van der Waals surface area contributed by atoms with E-state index in [1.807, 2.05) is 42.5 Å². The van der Waals surface area contributed by atoms with Gasteiger partial charge in [0.2, 0.25) is 0 Å². The maximum absolute atomic E-state index is 12.6. The third kappa shape index (κ3) is 6.94. The Hall–Kier alpha value is -3.10. The number of nitrogens with zero attached hydrogens (tertiary/aromatic N) is 1. The summed E-state index contributed by atoms with van der Waals surface area (Å²) in [5, 5.41) is 4.08. The summed E-state index contributed by atoms with van der Waals surface area (Å²) in [6.45, 7) is 4.39. The Balaban J connectivity index is 1.69. The van der Waals surface area contributed by atoms with Gasteiger partial charge in [-0.3, -0.25) is 4.79 Å². The Morgan fingerprint density at radius 2 is 1.85 bits per heavy atom. The number of methoxy groups -OCH3 is 1. The van der Waals surface area contributed by atoms with Gasteiger partial charge in [0.1, 0.15) is 19.0 Å². The van der Waals surface area contributed by atoms with Gasteiger partial charge in [0.15, 0.2) is 11.5 Å². The molecule has 3 aromatic carbocycles. The van der Waals surface area contributed by atoms with E-state index in [1.54, 1.807) is 24.3 Å². The highest BCUT2D eigenvalue weighted by Crippen LogP contribution is 2.32. The van der Waals surface area contributed by atoms with Crippen LogP contribution >= 0.6 is 31.9 Å². The first-order chi connectivity index (χ1) is 16.0. The molecule has 0 atom stereocenters. The van der Waals surface area contributed by atoms with Crippen molar-refractivity contribution in [1.29, 1.82) is 0 Å². The summed E-state index contributed by atoms with van der Waals surface area (Å²) in [6.07, 6.45) is 3.16. The Labute approximate surface area is 209 Å². The van der Waals surface area contributed by atoms with Gasteiger partial charge in [0.25, 0.3) is 5.91 Å². The van der Waals surface area contributed by atoms with E-state index < -0.39 is 0 Å². The first kappa shape index (κ1) is 24.5. The number of nitrogens with one attached hydrogen (secondary N) is 1. The van der Waals surface area contributed by atoms with Crippen molar-refractivity contribution < 1.29 is 19.0 Å². The molecule has 33 heavy (non-hydrogen) atoms. The summed E-state index contributed by atoms with van der Waals surface area (Å²) in [5.41, 5.74) is 4.62. The molecule has 3 aromatic rings. The molecule has 1 N–H and O–H groups in total. The molecule has 1 amide bonds. The number of carbonyl (C=O) groups is 1. The van der Waals surface area contributed by atoms with E-state index in [0.29, 0.717) is 41.6 Å². The first-order valence-electron chi connectivity index (χ1n) is 9.92. The second-order valence-corrected chi connectivity index (χ2v) is 8.51. The second-order valence-electron chi connectivity index (χ2n) is 6.74. The largest absolute Gasteiger partial charge is 0.493 e. The first-order valence-corrected chi connectivity index (χ1v) is 11.5. The van der Waals surface area contributed by atoms with Gasteiger partial charge in [-0.2, -0.15) is 5.10 Å². The Morgan fingerprint density at radius 3 is 2.58 bits per heavy atom. The van der Waals surface area contributed by atoms with Crippen LogP contribution in [0.2, 0.25) is 0 Å². The minimum atomic E-state index is -0.387. The highest BCUT2D eigenvalue weighted by molar-refractivity contribution is 9.11. The maximum atomic E-state index is 12.6. The monoisotopic (exact) mass is 572 g/mol. The molecule has 0 aliphatic carbocycles. The summed E-state index contributed by atoms with van der Waals surface area (Å²) in [5.74, 6) is 1.21. The van der Waals surface area contributed by atoms with Crippen molar-refractivity contribution in [2.75, 3.05) is 13.7 Å². The van der Waals surface area contributed by atoms with Crippen LogP contribution in [0.3, 0.4) is 0 Å². The molecule has 0 saturated heterocycles. The molecular weight excluding hydrogens is 552 g/mol. The van der Waals surface area contributed by atoms with Gasteiger partial charge in [-0.05, 0) is 51.8 Å². The zero-order chi connectivity index (χ0) is 23.6. The van der Waals surface area contributed by atoms with Gasteiger partial charge < -0.3 is 14.2 Å². The molecule has 0 unspecified atom stereocenters. The summed E-state index contributed by atoms with van der Waals surface area (Å²) >= 11 is 6.91. The van der Waals surface area contributed by atoms with E-state index in [0.717, 1.165) is 14.5 Å². The lowest BCUT2D eigenvalue weighted by atomic mass is 10.2. The standard InChI is InChI=1S/C25H22Br2N2O4/c1-3-11-32-24-19(12-20(26)14-21(24)27)15-28-29-25(30)18-9-10-22(23(13-18)31-2)33-16-17-7-5-4-6-8-17/h3-10,12-15H,1,11,16H2,2H3,(H,29,30)/b28-15+. The van der Waals surface area contributed by atoms with Crippen molar-refractivity contribution in [1.82, 2.24) is 5.43 Å². The van der Waals surface area contributed by atoms with E-state index in [4.69, 9.17) is 14.2 Å². The Kier molecular flexibility index (Phi) is 9.09. The van der Waals surface area contributed by atoms with Gasteiger partial charge in [0, 0.05) is 15.6 Å². The van der Waals surface area contributed by atoms with Crippen molar-refractivity contribution in [2.45, 2.75) is 6.61 Å². The molecule has 0 aliphatic rings. The van der Waals surface area contributed by atoms with Crippen LogP contribution in [0.5, 0.6) is 17.2 Å². The summed E-state index contributed by atoms with van der Waals surface area (Å²) in [7, 11) is 1.53. The van der Waals surface area contributed by atoms with Crippen LogP contribution in [0.15, 0.2) is 87.4 Å². The third-order valence-corrected chi connectivity index (χ3v) is 5.46. The van der Waals surface area contributed by atoms with Crippen LogP contribution in [0.1, 0.15) is 21.5 Å². The lowest BCUT2D eigenvalue weighted by molar-refractivity contribution is 0.0954. The van der Waals surface area contributed by atoms with Gasteiger partial charge in [-0.15, -0.1) is 0 Å². The normalized spacial score (nSPS) is 10.6. The van der Waals surface area contributed by atoms with E-state index >= 15 is 0 Å². The molecule has 0 radical (unpaired) electrons. The van der Waals surface area contributed by atoms with E-state index in [2.05, 4.69) is 49.0 Å². The molecule has 0 heterocycles. The Morgan fingerprint density at radius 1 is 1.06 bits per heavy atom. The van der Waals surface area contributed by atoms with Crippen molar-refractivity contribution in [3.63, 3.8) is 0 Å². The molecule has 0 fully saturated rings. The number of hydrazone groups is 1. The number of hydrogen-bond donors (Lipinski definition) is 1. The molecule has 0 spiro atoms. The van der Waals surface area contributed by atoms with Crippen molar-refractivity contribution in [3.8, 4) is 17.2 Å². The lowest BCUT2D eigenvalue weighted by Crippen LogP contribution is -2.17. The highest BCUT2D eigenvalue weighted by Gasteiger charge is 2.12. The molecule has 0 aromatic heterocycles. The predicted octanol–water partition coefficient (Wildman–Crippen LogP) is 6.13. The average molecular weight is 574 g/mol. The highest BCUT2D eigenvalue weighted by atomic mass is 79.9. The van der Waals surface area contributed by atoms with E-state index in [9.17, 15) is 4.79 Å². The fourth-order valence-electron chi connectivity index (χ4n) is 2.86. The van der Waals surface area contributed by atoms with Crippen molar-refractivity contribution >= 4 is 44.0 Å². The van der Waals surface area contributed by atoms with Crippen LogP contribution in [0.4, 0.5) is 0 Å². The molecule has 0 bridgehead atoms. The minimum Gasteiger partial charge on any atom is -0.493 e. The quantitative estimate of drug-likeness (QED) is 0.180. The van der Waals surface area contributed by atoms with Crippen molar-refractivity contribution in [2.24, 2.45) is 5.10 Å². The van der Waals surface area contributed by atoms with Crippen LogP contribution in [-0.4, -0.2) is 25.8 Å². The topological polar surface area (TPSA) is 69.2 Å². The SMILES string of the molecule is C=CCOc1c(Br)cc(Br)cc1/C=N/NC(=O)c1ccc(OCc2ccccc2)c(OC)c1. The summed E-state index contributed by atoms with van der Waals surface area (Å²) in [4.78, 5) is 12.6. The van der Waals surface area contributed by atoms with Crippen LogP contribution < -0.4 is 19.6 Å². The van der Waals surface area contributed by atoms with Gasteiger partial charge >= 0.3 is 0 Å². The smallest absolute Gasteiger partial charge is 0.271 e. The second kappa shape index (κ2) is 12.2. The fourth-order valence-corrected chi connectivity index (χ4v) is 4.23. The molecule has 3 rings (SSSR count). The number of halogens is 2. The van der Waals surface area contributed by atoms with Crippen LogP contribution in [0.25, 0.3) is 0 Å². The van der Waals surface area contributed by atoms with Crippen LogP contribution in [-0.2, 0) is 6.61 Å².